The van der Waals surface area contributed by atoms with Gasteiger partial charge in [-0.1, -0.05) is 39.3 Å². The Balaban J connectivity index is 1.79. The van der Waals surface area contributed by atoms with Crippen LogP contribution < -0.4 is 10.1 Å². The number of benzene rings is 2. The monoisotopic (exact) mass is 506 g/mol. The SMILES string of the molecule is Cc1ccc(CC(=O)O)cc1N=C(CCC[C@@H]1C[C@H](C)CC[C@H]1C(C)C)Nc1ccc(OC(C)C)cc1. The van der Waals surface area contributed by atoms with Crippen molar-refractivity contribution in [1.82, 2.24) is 0 Å². The lowest BCUT2D eigenvalue weighted by atomic mass is 9.68. The first-order chi connectivity index (χ1) is 17.6. The molecule has 0 unspecified atom stereocenters. The van der Waals surface area contributed by atoms with Crippen LogP contribution in [0.4, 0.5) is 11.4 Å². The highest BCUT2D eigenvalue weighted by atomic mass is 16.5. The molecule has 1 aliphatic rings. The van der Waals surface area contributed by atoms with Gasteiger partial charge in [0.15, 0.2) is 0 Å². The smallest absolute Gasteiger partial charge is 0.307 e. The topological polar surface area (TPSA) is 70.9 Å². The average Bonchev–Trinajstić information content (AvgIpc) is 2.81. The molecular formula is C32H46N2O3. The van der Waals surface area contributed by atoms with Crippen LogP contribution in [0.1, 0.15) is 84.3 Å². The van der Waals surface area contributed by atoms with Crippen molar-refractivity contribution in [2.24, 2.45) is 28.7 Å². The summed E-state index contributed by atoms with van der Waals surface area (Å²) in [5.74, 6) is 4.07. The molecule has 2 N–H and O–H groups in total. The number of carboxylic acids is 1. The second-order valence-corrected chi connectivity index (χ2v) is 11.5. The molecular weight excluding hydrogens is 460 g/mol. The highest BCUT2D eigenvalue weighted by molar-refractivity contribution is 5.97. The van der Waals surface area contributed by atoms with Crippen LogP contribution in [0.3, 0.4) is 0 Å². The fraction of sp³-hybridized carbons (Fsp3) is 0.562. The quantitative estimate of drug-likeness (QED) is 0.237. The Morgan fingerprint density at radius 2 is 1.84 bits per heavy atom. The van der Waals surface area contributed by atoms with Gasteiger partial charge in [0.2, 0.25) is 0 Å². The number of aryl methyl sites for hydroxylation is 1. The number of nitrogens with one attached hydrogen (secondary N) is 1. The molecule has 1 aliphatic carbocycles. The summed E-state index contributed by atoms with van der Waals surface area (Å²) in [6.07, 6.45) is 7.31. The number of anilines is 1. The maximum Gasteiger partial charge on any atom is 0.307 e. The van der Waals surface area contributed by atoms with Crippen molar-refractivity contribution < 1.29 is 14.6 Å². The molecule has 3 atom stereocenters. The molecule has 0 saturated heterocycles. The van der Waals surface area contributed by atoms with E-state index in [1.165, 1.54) is 25.7 Å². The molecule has 5 nitrogen and oxygen atoms in total. The first kappa shape index (κ1) is 28.7. The molecule has 37 heavy (non-hydrogen) atoms. The molecule has 0 amide bonds. The number of aliphatic imine (C=N–C) groups is 1. The van der Waals surface area contributed by atoms with Gasteiger partial charge in [-0.15, -0.1) is 0 Å². The molecule has 0 spiro atoms. The zero-order valence-electron chi connectivity index (χ0n) is 23.6. The first-order valence-electron chi connectivity index (χ1n) is 14.0. The van der Waals surface area contributed by atoms with Crippen LogP contribution in [0.25, 0.3) is 0 Å². The number of amidine groups is 1. The van der Waals surface area contributed by atoms with E-state index in [0.29, 0.717) is 0 Å². The Labute approximate surface area is 223 Å². The summed E-state index contributed by atoms with van der Waals surface area (Å²) in [7, 11) is 0. The maximum absolute atomic E-state index is 11.3. The number of rotatable bonds is 11. The van der Waals surface area contributed by atoms with Gasteiger partial charge < -0.3 is 15.2 Å². The molecule has 3 rings (SSSR count). The number of carboxylic acid groups (broad SMARTS) is 1. The minimum atomic E-state index is -0.831. The molecule has 2 aromatic rings. The van der Waals surface area contributed by atoms with Crippen molar-refractivity contribution in [1.29, 1.82) is 0 Å². The molecule has 0 aromatic heterocycles. The van der Waals surface area contributed by atoms with Crippen molar-refractivity contribution in [3.63, 3.8) is 0 Å². The highest BCUT2D eigenvalue weighted by Crippen LogP contribution is 2.40. The Bertz CT molecular complexity index is 1040. The summed E-state index contributed by atoms with van der Waals surface area (Å²) in [4.78, 5) is 16.3. The van der Waals surface area contributed by atoms with E-state index in [1.807, 2.05) is 63.2 Å². The van der Waals surface area contributed by atoms with Crippen molar-refractivity contribution in [3.8, 4) is 5.75 Å². The van der Waals surface area contributed by atoms with E-state index in [1.54, 1.807) is 0 Å². The highest BCUT2D eigenvalue weighted by Gasteiger charge is 2.30. The lowest BCUT2D eigenvalue weighted by Gasteiger charge is -2.37. The normalized spacial score (nSPS) is 20.3. The maximum atomic E-state index is 11.3. The van der Waals surface area contributed by atoms with E-state index in [2.05, 4.69) is 26.1 Å². The van der Waals surface area contributed by atoms with Crippen LogP contribution in [-0.2, 0) is 11.2 Å². The molecule has 0 bridgehead atoms. The molecule has 0 heterocycles. The fourth-order valence-electron chi connectivity index (χ4n) is 5.67. The summed E-state index contributed by atoms with van der Waals surface area (Å²) < 4.78 is 5.79. The lowest BCUT2D eigenvalue weighted by Crippen LogP contribution is -2.27. The molecule has 0 aliphatic heterocycles. The Kier molecular flexibility index (Phi) is 10.6. The van der Waals surface area contributed by atoms with Gasteiger partial charge in [0.1, 0.15) is 11.6 Å². The summed E-state index contributed by atoms with van der Waals surface area (Å²) in [6, 6.07) is 13.8. The lowest BCUT2D eigenvalue weighted by molar-refractivity contribution is -0.136. The van der Waals surface area contributed by atoms with Gasteiger partial charge in [-0.25, -0.2) is 4.99 Å². The van der Waals surface area contributed by atoms with Crippen LogP contribution in [0.5, 0.6) is 5.75 Å². The summed E-state index contributed by atoms with van der Waals surface area (Å²) in [5.41, 5.74) is 3.60. The van der Waals surface area contributed by atoms with Crippen LogP contribution in [0.2, 0.25) is 0 Å². The number of aliphatic carboxylic acids is 1. The van der Waals surface area contributed by atoms with Crippen molar-refractivity contribution in [2.45, 2.75) is 92.6 Å². The standard InChI is InChI=1S/C32H46N2O3/c1-21(2)29-17-10-23(5)18-26(29)8-7-9-31(33-27-13-15-28(16-14-27)37-22(3)4)34-30-19-25(20-32(35)36)12-11-24(30)6/h11-16,19,21-23,26,29H,7-10,17-18,20H2,1-6H3,(H,33,34)(H,35,36)/t23-,26-,29+/m1/s1. The van der Waals surface area contributed by atoms with E-state index in [0.717, 1.165) is 70.6 Å². The second-order valence-electron chi connectivity index (χ2n) is 11.5. The van der Waals surface area contributed by atoms with Crippen LogP contribution >= 0.6 is 0 Å². The number of hydrogen-bond donors (Lipinski definition) is 2. The summed E-state index contributed by atoms with van der Waals surface area (Å²) >= 11 is 0. The van der Waals surface area contributed by atoms with Crippen LogP contribution in [-0.4, -0.2) is 23.0 Å². The van der Waals surface area contributed by atoms with E-state index in [-0.39, 0.29) is 12.5 Å². The van der Waals surface area contributed by atoms with Crippen LogP contribution in [0.15, 0.2) is 47.5 Å². The molecule has 5 heteroatoms. The molecule has 202 valence electrons. The third kappa shape index (κ3) is 9.21. The van der Waals surface area contributed by atoms with Gasteiger partial charge in [0.05, 0.1) is 18.2 Å². The fourth-order valence-corrected chi connectivity index (χ4v) is 5.67. The number of ether oxygens (including phenoxy) is 1. The Hall–Kier alpha value is -2.82. The predicted molar refractivity (Wildman–Crippen MR) is 154 cm³/mol. The molecule has 2 aromatic carbocycles. The van der Waals surface area contributed by atoms with Crippen molar-refractivity contribution >= 4 is 23.2 Å². The minimum absolute atomic E-state index is 0.000664. The molecule has 1 fully saturated rings. The third-order valence-electron chi connectivity index (χ3n) is 7.55. The van der Waals surface area contributed by atoms with Crippen molar-refractivity contribution in [3.05, 3.63) is 53.6 Å². The number of carbonyl (C=O) groups is 1. The van der Waals surface area contributed by atoms with E-state index >= 15 is 0 Å². The average molecular weight is 507 g/mol. The largest absolute Gasteiger partial charge is 0.491 e. The van der Waals surface area contributed by atoms with Gasteiger partial charge in [0.25, 0.3) is 0 Å². The Morgan fingerprint density at radius 3 is 2.49 bits per heavy atom. The van der Waals surface area contributed by atoms with E-state index < -0.39 is 5.97 Å². The Morgan fingerprint density at radius 1 is 1.11 bits per heavy atom. The van der Waals surface area contributed by atoms with Gasteiger partial charge in [-0.3, -0.25) is 4.79 Å². The van der Waals surface area contributed by atoms with E-state index in [4.69, 9.17) is 9.73 Å². The van der Waals surface area contributed by atoms with E-state index in [9.17, 15) is 9.90 Å². The number of nitrogens with zero attached hydrogens (tertiary/aromatic N) is 1. The zero-order valence-corrected chi connectivity index (χ0v) is 23.6. The van der Waals surface area contributed by atoms with Gasteiger partial charge in [0, 0.05) is 12.1 Å². The molecule has 0 radical (unpaired) electrons. The predicted octanol–water partition coefficient (Wildman–Crippen LogP) is 8.43. The van der Waals surface area contributed by atoms with Gasteiger partial charge in [-0.2, -0.15) is 0 Å². The molecule has 1 saturated carbocycles. The zero-order chi connectivity index (χ0) is 26.9. The summed E-state index contributed by atoms with van der Waals surface area (Å²) in [6.45, 7) is 13.2. The first-order valence-corrected chi connectivity index (χ1v) is 14.0. The van der Waals surface area contributed by atoms with Gasteiger partial charge >= 0.3 is 5.97 Å². The van der Waals surface area contributed by atoms with Gasteiger partial charge in [-0.05, 0) is 112 Å². The van der Waals surface area contributed by atoms with Crippen LogP contribution in [0, 0.1) is 30.6 Å². The second kappa shape index (κ2) is 13.6. The minimum Gasteiger partial charge on any atom is -0.491 e. The summed E-state index contributed by atoms with van der Waals surface area (Å²) in [5, 5.41) is 12.8. The number of hydrogen-bond acceptors (Lipinski definition) is 3. The third-order valence-corrected chi connectivity index (χ3v) is 7.55. The van der Waals surface area contributed by atoms with Crippen molar-refractivity contribution in [2.75, 3.05) is 5.32 Å².